The molecule has 18 heavy (non-hydrogen) atoms. The number of hydrogen-bond acceptors (Lipinski definition) is 3. The highest BCUT2D eigenvalue weighted by Gasteiger charge is 2.05. The van der Waals surface area contributed by atoms with Gasteiger partial charge in [0.2, 0.25) is 0 Å². The van der Waals surface area contributed by atoms with Gasteiger partial charge in [0.1, 0.15) is 11.5 Å². The Morgan fingerprint density at radius 2 is 2.22 bits per heavy atom. The first-order valence-corrected chi connectivity index (χ1v) is 6.36. The second-order valence-corrected chi connectivity index (χ2v) is 4.36. The summed E-state index contributed by atoms with van der Waals surface area (Å²) in [5.74, 6) is 1.68. The zero-order chi connectivity index (χ0) is 12.8. The van der Waals surface area contributed by atoms with Gasteiger partial charge in [0, 0.05) is 5.02 Å². The van der Waals surface area contributed by atoms with Crippen molar-refractivity contribution in [3.63, 3.8) is 0 Å². The van der Waals surface area contributed by atoms with E-state index in [-0.39, 0.29) is 0 Å². The SMILES string of the molecule is CCCOc1ccc(Cl)cc1NCc1ccco1. The standard InChI is InChI=1S/C14H16ClNO2/c1-2-7-18-14-6-5-11(15)9-13(14)16-10-12-4-3-8-17-12/h3-6,8-9,16H,2,7,10H2,1H3. The van der Waals surface area contributed by atoms with Gasteiger partial charge in [-0.15, -0.1) is 0 Å². The third-order valence-electron chi connectivity index (χ3n) is 2.44. The van der Waals surface area contributed by atoms with Gasteiger partial charge in [-0.05, 0) is 36.8 Å². The van der Waals surface area contributed by atoms with Crippen molar-refractivity contribution in [3.8, 4) is 5.75 Å². The summed E-state index contributed by atoms with van der Waals surface area (Å²) in [6.07, 6.45) is 2.63. The van der Waals surface area contributed by atoms with Gasteiger partial charge >= 0.3 is 0 Å². The fraction of sp³-hybridized carbons (Fsp3) is 0.286. The molecule has 1 aromatic carbocycles. The maximum absolute atomic E-state index is 5.99. The summed E-state index contributed by atoms with van der Waals surface area (Å²) in [4.78, 5) is 0. The van der Waals surface area contributed by atoms with Crippen LogP contribution in [0.25, 0.3) is 0 Å². The molecule has 1 aromatic heterocycles. The first-order chi connectivity index (χ1) is 8.79. The van der Waals surface area contributed by atoms with E-state index < -0.39 is 0 Å². The normalized spacial score (nSPS) is 10.3. The van der Waals surface area contributed by atoms with E-state index in [0.717, 1.165) is 23.6 Å². The van der Waals surface area contributed by atoms with Crippen molar-refractivity contribution in [2.75, 3.05) is 11.9 Å². The van der Waals surface area contributed by atoms with Gasteiger partial charge in [-0.25, -0.2) is 0 Å². The van der Waals surface area contributed by atoms with Gasteiger partial charge in [-0.1, -0.05) is 18.5 Å². The molecule has 0 unspecified atom stereocenters. The number of furan rings is 1. The Hall–Kier alpha value is -1.61. The Labute approximate surface area is 112 Å². The Morgan fingerprint density at radius 3 is 2.94 bits per heavy atom. The number of halogens is 1. The Morgan fingerprint density at radius 1 is 1.33 bits per heavy atom. The van der Waals surface area contributed by atoms with Crippen LogP contribution in [-0.4, -0.2) is 6.61 Å². The molecule has 0 saturated carbocycles. The largest absolute Gasteiger partial charge is 0.491 e. The van der Waals surface area contributed by atoms with Crippen LogP contribution in [0.15, 0.2) is 41.0 Å². The minimum absolute atomic E-state index is 0.607. The monoisotopic (exact) mass is 265 g/mol. The molecule has 0 amide bonds. The minimum Gasteiger partial charge on any atom is -0.491 e. The first-order valence-electron chi connectivity index (χ1n) is 5.98. The summed E-state index contributed by atoms with van der Waals surface area (Å²) in [6.45, 7) is 3.37. The molecule has 3 nitrogen and oxygen atoms in total. The minimum atomic E-state index is 0.607. The molecule has 0 radical (unpaired) electrons. The van der Waals surface area contributed by atoms with Gasteiger partial charge in [-0.2, -0.15) is 0 Å². The molecule has 96 valence electrons. The topological polar surface area (TPSA) is 34.4 Å². The van der Waals surface area contributed by atoms with Crippen LogP contribution in [0.2, 0.25) is 5.02 Å². The highest BCUT2D eigenvalue weighted by atomic mass is 35.5. The zero-order valence-corrected chi connectivity index (χ0v) is 11.0. The summed E-state index contributed by atoms with van der Waals surface area (Å²) in [5, 5.41) is 3.94. The molecule has 1 heterocycles. The predicted octanol–water partition coefficient (Wildman–Crippen LogP) is 4.33. The van der Waals surface area contributed by atoms with E-state index in [4.69, 9.17) is 20.8 Å². The average molecular weight is 266 g/mol. The summed E-state index contributed by atoms with van der Waals surface area (Å²) < 4.78 is 10.9. The Balaban J connectivity index is 2.06. The maximum atomic E-state index is 5.99. The van der Waals surface area contributed by atoms with Crippen LogP contribution in [0.4, 0.5) is 5.69 Å². The zero-order valence-electron chi connectivity index (χ0n) is 10.3. The summed E-state index contributed by atoms with van der Waals surface area (Å²) in [7, 11) is 0. The van der Waals surface area contributed by atoms with E-state index in [1.165, 1.54) is 0 Å². The van der Waals surface area contributed by atoms with Crippen molar-refractivity contribution in [1.82, 2.24) is 0 Å². The molecule has 0 atom stereocenters. The van der Waals surface area contributed by atoms with Crippen LogP contribution in [0.5, 0.6) is 5.75 Å². The van der Waals surface area contributed by atoms with Gasteiger partial charge in [-0.3, -0.25) is 0 Å². The number of nitrogens with one attached hydrogen (secondary N) is 1. The summed E-state index contributed by atoms with van der Waals surface area (Å²) >= 11 is 5.99. The van der Waals surface area contributed by atoms with E-state index in [9.17, 15) is 0 Å². The van der Waals surface area contributed by atoms with Crippen molar-refractivity contribution < 1.29 is 9.15 Å². The van der Waals surface area contributed by atoms with Crippen LogP contribution in [0.3, 0.4) is 0 Å². The molecule has 0 bridgehead atoms. The van der Waals surface area contributed by atoms with Crippen molar-refractivity contribution in [2.24, 2.45) is 0 Å². The van der Waals surface area contributed by atoms with Gasteiger partial charge in [0.15, 0.2) is 0 Å². The molecule has 0 fully saturated rings. The molecule has 0 aliphatic carbocycles. The molecular formula is C14H16ClNO2. The van der Waals surface area contributed by atoms with Crippen molar-refractivity contribution in [2.45, 2.75) is 19.9 Å². The van der Waals surface area contributed by atoms with Gasteiger partial charge < -0.3 is 14.5 Å². The first kappa shape index (κ1) is 12.8. The second kappa shape index (κ2) is 6.36. The molecular weight excluding hydrogens is 250 g/mol. The molecule has 4 heteroatoms. The summed E-state index contributed by atoms with van der Waals surface area (Å²) in [6, 6.07) is 9.34. The fourth-order valence-corrected chi connectivity index (χ4v) is 1.75. The van der Waals surface area contributed by atoms with E-state index in [1.54, 1.807) is 6.26 Å². The third-order valence-corrected chi connectivity index (χ3v) is 2.67. The quantitative estimate of drug-likeness (QED) is 0.844. The molecule has 0 spiro atoms. The predicted molar refractivity (Wildman–Crippen MR) is 73.3 cm³/mol. The highest BCUT2D eigenvalue weighted by Crippen LogP contribution is 2.28. The molecule has 0 aliphatic rings. The Kier molecular flexibility index (Phi) is 4.53. The van der Waals surface area contributed by atoms with Crippen molar-refractivity contribution in [1.29, 1.82) is 0 Å². The second-order valence-electron chi connectivity index (χ2n) is 3.92. The van der Waals surface area contributed by atoms with Crippen LogP contribution in [-0.2, 0) is 6.54 Å². The lowest BCUT2D eigenvalue weighted by atomic mass is 10.3. The molecule has 1 N–H and O–H groups in total. The van der Waals surface area contributed by atoms with Crippen molar-refractivity contribution >= 4 is 17.3 Å². The van der Waals surface area contributed by atoms with E-state index in [1.807, 2.05) is 30.3 Å². The molecule has 0 saturated heterocycles. The van der Waals surface area contributed by atoms with Crippen LogP contribution in [0, 0.1) is 0 Å². The van der Waals surface area contributed by atoms with Crippen molar-refractivity contribution in [3.05, 3.63) is 47.4 Å². The number of ether oxygens (including phenoxy) is 1. The lowest BCUT2D eigenvalue weighted by Crippen LogP contribution is -2.03. The fourth-order valence-electron chi connectivity index (χ4n) is 1.57. The lowest BCUT2D eigenvalue weighted by molar-refractivity contribution is 0.318. The molecule has 2 rings (SSSR count). The number of hydrogen-bond donors (Lipinski definition) is 1. The summed E-state index contributed by atoms with van der Waals surface area (Å²) in [5.41, 5.74) is 0.882. The number of anilines is 1. The third kappa shape index (κ3) is 3.44. The lowest BCUT2D eigenvalue weighted by Gasteiger charge is -2.12. The van der Waals surface area contributed by atoms with E-state index in [0.29, 0.717) is 18.2 Å². The van der Waals surface area contributed by atoms with Gasteiger partial charge in [0.05, 0.1) is 25.1 Å². The van der Waals surface area contributed by atoms with Crippen LogP contribution < -0.4 is 10.1 Å². The molecule has 0 aliphatic heterocycles. The van der Waals surface area contributed by atoms with Crippen LogP contribution >= 0.6 is 11.6 Å². The Bertz CT molecular complexity index is 483. The molecule has 2 aromatic rings. The van der Waals surface area contributed by atoms with E-state index >= 15 is 0 Å². The van der Waals surface area contributed by atoms with Crippen LogP contribution in [0.1, 0.15) is 19.1 Å². The highest BCUT2D eigenvalue weighted by molar-refractivity contribution is 6.30. The smallest absolute Gasteiger partial charge is 0.142 e. The average Bonchev–Trinajstić information content (AvgIpc) is 2.88. The van der Waals surface area contributed by atoms with E-state index in [2.05, 4.69) is 12.2 Å². The van der Waals surface area contributed by atoms with Gasteiger partial charge in [0.25, 0.3) is 0 Å². The number of benzene rings is 1. The number of rotatable bonds is 6. The maximum Gasteiger partial charge on any atom is 0.142 e.